The molecule has 0 aliphatic rings. The topological polar surface area (TPSA) is 61.7 Å². The van der Waals surface area contributed by atoms with E-state index in [1.165, 1.54) is 12.1 Å². The van der Waals surface area contributed by atoms with Crippen LogP contribution in [0, 0.1) is 0 Å². The average Bonchev–Trinajstić information content (AvgIpc) is 2.56. The summed E-state index contributed by atoms with van der Waals surface area (Å²) in [6.45, 7) is 1.88. The molecule has 0 aliphatic carbocycles. The molecular weight excluding hydrogens is 354 g/mol. The van der Waals surface area contributed by atoms with Gasteiger partial charge in [0.25, 0.3) is 0 Å². The van der Waals surface area contributed by atoms with Crippen molar-refractivity contribution in [3.05, 3.63) is 48.0 Å². The zero-order valence-electron chi connectivity index (χ0n) is 13.5. The van der Waals surface area contributed by atoms with Crippen molar-refractivity contribution in [1.29, 1.82) is 0 Å². The molecule has 1 atom stereocenters. The van der Waals surface area contributed by atoms with Crippen molar-refractivity contribution in [3.63, 3.8) is 0 Å². The molecule has 2 rings (SSSR count). The van der Waals surface area contributed by atoms with Crippen LogP contribution < -0.4 is 14.9 Å². The number of nitrogens with one attached hydrogen (secondary N) is 1. The summed E-state index contributed by atoms with van der Waals surface area (Å²) in [4.78, 5) is 0.827. The predicted octanol–water partition coefficient (Wildman–Crippen LogP) is 2.76. The highest BCUT2D eigenvalue weighted by Gasteiger charge is 2.30. The van der Waals surface area contributed by atoms with Crippen LogP contribution in [0.1, 0.15) is 12.5 Å². The smallest absolute Gasteiger partial charge is 0.458 e. The maximum absolute atomic E-state index is 12.6. The molecule has 134 valence electrons. The van der Waals surface area contributed by atoms with Gasteiger partial charge in [-0.3, -0.25) is 4.72 Å². The van der Waals surface area contributed by atoms with Gasteiger partial charge in [-0.1, -0.05) is 10.7 Å². The van der Waals surface area contributed by atoms with Gasteiger partial charge in [-0.2, -0.15) is 13.2 Å². The van der Waals surface area contributed by atoms with Crippen LogP contribution >= 0.6 is 10.7 Å². The molecular formula is C16H17BF3NO3S. The van der Waals surface area contributed by atoms with E-state index in [0.717, 1.165) is 17.0 Å². The third-order valence-electron chi connectivity index (χ3n) is 3.38. The Morgan fingerprint density at radius 2 is 1.76 bits per heavy atom. The highest BCUT2D eigenvalue weighted by molar-refractivity contribution is 8.13. The molecule has 1 unspecified atom stereocenters. The standard InChI is InChI=1S/C16H17BF3NO3S/c1-3-25(21-2)13-8-9-15(14(10-13)17(22)23)24-12-6-4-11(5-7-12)16(18,19)20/h3-10,21-23H,1-2H3. The van der Waals surface area contributed by atoms with Gasteiger partial charge in [0, 0.05) is 10.4 Å². The maximum Gasteiger partial charge on any atom is 0.492 e. The first-order chi connectivity index (χ1) is 11.8. The zero-order valence-corrected chi connectivity index (χ0v) is 14.4. The van der Waals surface area contributed by atoms with Crippen molar-refractivity contribution < 1.29 is 28.0 Å². The van der Waals surface area contributed by atoms with Crippen LogP contribution in [0.15, 0.2) is 47.4 Å². The molecule has 0 aliphatic heterocycles. The maximum atomic E-state index is 12.6. The fourth-order valence-electron chi connectivity index (χ4n) is 2.17. The Bertz CT molecular complexity index is 764. The van der Waals surface area contributed by atoms with Gasteiger partial charge in [0.05, 0.1) is 5.56 Å². The number of halogens is 3. The summed E-state index contributed by atoms with van der Waals surface area (Å²) in [7, 11) is -0.366. The van der Waals surface area contributed by atoms with E-state index in [4.69, 9.17) is 4.74 Å². The summed E-state index contributed by atoms with van der Waals surface area (Å²) in [6.07, 6.45) is -4.42. The summed E-state index contributed by atoms with van der Waals surface area (Å²) < 4.78 is 46.4. The molecule has 0 saturated heterocycles. The van der Waals surface area contributed by atoms with E-state index < -0.39 is 18.9 Å². The molecule has 0 aromatic heterocycles. The van der Waals surface area contributed by atoms with E-state index in [1.807, 2.05) is 12.3 Å². The van der Waals surface area contributed by atoms with Gasteiger partial charge in [-0.25, -0.2) is 0 Å². The number of rotatable bonds is 5. The summed E-state index contributed by atoms with van der Waals surface area (Å²) in [5, 5.41) is 21.1. The van der Waals surface area contributed by atoms with Crippen molar-refractivity contribution >= 4 is 28.6 Å². The molecule has 4 nitrogen and oxygen atoms in total. The van der Waals surface area contributed by atoms with Gasteiger partial charge in [0.1, 0.15) is 11.5 Å². The van der Waals surface area contributed by atoms with Crippen molar-refractivity contribution in [3.8, 4) is 11.5 Å². The van der Waals surface area contributed by atoms with Crippen LogP contribution in [0.4, 0.5) is 13.2 Å². The number of alkyl halides is 3. The minimum atomic E-state index is -4.42. The number of hydrogen-bond donors (Lipinski definition) is 3. The first-order valence-corrected chi connectivity index (χ1v) is 8.60. The Hall–Kier alpha value is -1.81. The van der Waals surface area contributed by atoms with Crippen molar-refractivity contribution in [2.45, 2.75) is 18.0 Å². The zero-order chi connectivity index (χ0) is 18.6. The second-order valence-electron chi connectivity index (χ2n) is 4.98. The molecule has 0 radical (unpaired) electrons. The van der Waals surface area contributed by atoms with Crippen LogP contribution in [0.3, 0.4) is 0 Å². The molecule has 2 aromatic carbocycles. The fourth-order valence-corrected chi connectivity index (χ4v) is 3.38. The van der Waals surface area contributed by atoms with Gasteiger partial charge < -0.3 is 14.8 Å². The Labute approximate surface area is 146 Å². The number of benzene rings is 2. The van der Waals surface area contributed by atoms with E-state index >= 15 is 0 Å². The first kappa shape index (κ1) is 19.5. The number of ether oxygens (including phenoxy) is 1. The molecule has 0 heterocycles. The third kappa shape index (κ3) is 4.85. The molecule has 9 heteroatoms. The lowest BCUT2D eigenvalue weighted by molar-refractivity contribution is -0.137. The van der Waals surface area contributed by atoms with Crippen LogP contribution in [0.25, 0.3) is 0 Å². The van der Waals surface area contributed by atoms with Crippen LogP contribution in [0.2, 0.25) is 0 Å². The minimum absolute atomic E-state index is 0.131. The van der Waals surface area contributed by atoms with E-state index in [2.05, 4.69) is 4.72 Å². The summed E-state index contributed by atoms with van der Waals surface area (Å²) in [5.41, 5.74) is -0.652. The Balaban J connectivity index is 2.33. The largest absolute Gasteiger partial charge is 0.492 e. The van der Waals surface area contributed by atoms with E-state index in [9.17, 15) is 23.2 Å². The van der Waals surface area contributed by atoms with E-state index in [0.29, 0.717) is 0 Å². The minimum Gasteiger partial charge on any atom is -0.458 e. The lowest BCUT2D eigenvalue weighted by Gasteiger charge is -2.15. The molecule has 2 aromatic rings. The lowest BCUT2D eigenvalue weighted by atomic mass is 9.79. The molecule has 0 amide bonds. The molecule has 3 N–H and O–H groups in total. The average molecular weight is 371 g/mol. The number of hydrogen-bond acceptors (Lipinski definition) is 4. The first-order valence-electron chi connectivity index (χ1n) is 7.31. The second kappa shape index (κ2) is 8.05. The normalized spacial score (nSPS) is 12.9. The Morgan fingerprint density at radius 3 is 2.24 bits per heavy atom. The van der Waals surface area contributed by atoms with Crippen molar-refractivity contribution in [1.82, 2.24) is 4.72 Å². The van der Waals surface area contributed by atoms with E-state index in [1.54, 1.807) is 25.2 Å². The van der Waals surface area contributed by atoms with Gasteiger partial charge in [-0.05, 0) is 61.8 Å². The quantitative estimate of drug-likeness (QED) is 0.559. The van der Waals surface area contributed by atoms with Gasteiger partial charge in [0.15, 0.2) is 0 Å². The Kier molecular flexibility index (Phi) is 6.28. The fraction of sp³-hybridized carbons (Fsp3) is 0.188. The molecule has 25 heavy (non-hydrogen) atoms. The second-order valence-corrected chi connectivity index (χ2v) is 7.00. The van der Waals surface area contributed by atoms with Crippen LogP contribution in [-0.2, 0) is 6.18 Å². The molecule has 0 bridgehead atoms. The predicted molar refractivity (Wildman–Crippen MR) is 94.4 cm³/mol. The van der Waals surface area contributed by atoms with Crippen molar-refractivity contribution in [2.24, 2.45) is 0 Å². The lowest BCUT2D eigenvalue weighted by Crippen LogP contribution is -2.31. The third-order valence-corrected chi connectivity index (χ3v) is 5.05. The van der Waals surface area contributed by atoms with E-state index in [-0.39, 0.29) is 27.6 Å². The molecule has 0 fully saturated rings. The van der Waals surface area contributed by atoms with Gasteiger partial charge in [-0.15, -0.1) is 0 Å². The van der Waals surface area contributed by atoms with Gasteiger partial charge >= 0.3 is 13.3 Å². The summed E-state index contributed by atoms with van der Waals surface area (Å²) in [6, 6.07) is 9.08. The highest BCUT2D eigenvalue weighted by Crippen LogP contribution is 2.31. The Morgan fingerprint density at radius 1 is 1.12 bits per heavy atom. The molecule has 0 saturated carbocycles. The SMILES string of the molecule is CC=S(NC)c1ccc(Oc2ccc(C(F)(F)F)cc2)c(B(O)O)c1. The summed E-state index contributed by atoms with van der Waals surface area (Å²) >= 11 is 0. The van der Waals surface area contributed by atoms with Crippen molar-refractivity contribution in [2.75, 3.05) is 7.05 Å². The van der Waals surface area contributed by atoms with Gasteiger partial charge in [0.2, 0.25) is 0 Å². The monoisotopic (exact) mass is 371 g/mol. The molecule has 0 spiro atoms. The van der Waals surface area contributed by atoms with Crippen LogP contribution in [0.5, 0.6) is 11.5 Å². The highest BCUT2D eigenvalue weighted by atomic mass is 32.2. The van der Waals surface area contributed by atoms with Crippen LogP contribution in [-0.4, -0.2) is 29.6 Å². The summed E-state index contributed by atoms with van der Waals surface area (Å²) in [5.74, 6) is 0.326.